The van der Waals surface area contributed by atoms with Gasteiger partial charge in [-0.25, -0.2) is 0 Å². The third kappa shape index (κ3) is 6.44. The summed E-state index contributed by atoms with van der Waals surface area (Å²) in [5.74, 6) is 0. The first-order chi connectivity index (χ1) is 29.5. The average molecular weight is 763 g/mol. The highest BCUT2D eigenvalue weighted by molar-refractivity contribution is 6.08. The lowest BCUT2D eigenvalue weighted by molar-refractivity contribution is 1.51. The number of hydrogen-bond acceptors (Lipinski definition) is 0. The molecule has 60 heavy (non-hydrogen) atoms. The van der Waals surface area contributed by atoms with Gasteiger partial charge in [-0.1, -0.05) is 158 Å². The van der Waals surface area contributed by atoms with Gasteiger partial charge in [0.25, 0.3) is 0 Å². The van der Waals surface area contributed by atoms with Gasteiger partial charge in [-0.05, 0) is 195 Å². The van der Waals surface area contributed by atoms with Gasteiger partial charge >= 0.3 is 0 Å². The summed E-state index contributed by atoms with van der Waals surface area (Å²) in [5, 5.41) is 10.2. The van der Waals surface area contributed by atoms with E-state index in [9.17, 15) is 0 Å². The second-order valence-electron chi connectivity index (χ2n) is 16.2. The Balaban J connectivity index is 1.03. The summed E-state index contributed by atoms with van der Waals surface area (Å²) in [7, 11) is 0. The maximum atomic E-state index is 2.42. The first kappa shape index (κ1) is 35.6. The smallest absolute Gasteiger partial charge is 0.0139 e. The van der Waals surface area contributed by atoms with Crippen LogP contribution in [0.1, 0.15) is 11.1 Å². The van der Waals surface area contributed by atoms with Gasteiger partial charge in [0.15, 0.2) is 0 Å². The fourth-order valence-electron chi connectivity index (χ4n) is 9.27. The summed E-state index contributed by atoms with van der Waals surface area (Å²) in [5.41, 5.74) is 17.2. The summed E-state index contributed by atoms with van der Waals surface area (Å²) >= 11 is 0. The summed E-state index contributed by atoms with van der Waals surface area (Å²) in [4.78, 5) is 0. The highest BCUT2D eigenvalue weighted by Crippen LogP contribution is 2.41. The lowest BCUT2D eigenvalue weighted by Crippen LogP contribution is -1.92. The van der Waals surface area contributed by atoms with Crippen LogP contribution in [-0.4, -0.2) is 0 Å². The van der Waals surface area contributed by atoms with Crippen molar-refractivity contribution >= 4 is 43.1 Å². The molecule has 0 unspecified atom stereocenters. The van der Waals surface area contributed by atoms with Crippen LogP contribution in [0, 0.1) is 13.8 Å². The minimum absolute atomic E-state index is 1.22. The molecular formula is C60H42. The number of aryl methyl sites for hydroxylation is 2. The maximum Gasteiger partial charge on any atom is -0.0139 e. The predicted octanol–water partition coefficient (Wildman–Crippen LogP) is 16.9. The van der Waals surface area contributed by atoms with E-state index in [2.05, 4.69) is 232 Å². The van der Waals surface area contributed by atoms with E-state index in [-0.39, 0.29) is 0 Å². The van der Waals surface area contributed by atoms with E-state index < -0.39 is 0 Å². The van der Waals surface area contributed by atoms with Gasteiger partial charge in [0.1, 0.15) is 0 Å². The number of hydrogen-bond donors (Lipinski definition) is 0. The van der Waals surface area contributed by atoms with Crippen molar-refractivity contribution in [3.8, 4) is 66.8 Å². The van der Waals surface area contributed by atoms with Crippen molar-refractivity contribution < 1.29 is 0 Å². The molecule has 0 saturated heterocycles. The second kappa shape index (κ2) is 14.7. The maximum absolute atomic E-state index is 2.42. The van der Waals surface area contributed by atoms with Gasteiger partial charge in [0, 0.05) is 0 Å². The van der Waals surface area contributed by atoms with Crippen LogP contribution in [0.5, 0.6) is 0 Å². The van der Waals surface area contributed by atoms with Crippen LogP contribution in [0.4, 0.5) is 0 Å². The Bertz CT molecular complexity index is 3190. The predicted molar refractivity (Wildman–Crippen MR) is 259 cm³/mol. The van der Waals surface area contributed by atoms with Crippen LogP contribution in [-0.2, 0) is 0 Å². The summed E-state index contributed by atoms with van der Waals surface area (Å²) in [6.07, 6.45) is 0. The van der Waals surface area contributed by atoms with Crippen molar-refractivity contribution in [3.63, 3.8) is 0 Å². The Morgan fingerprint density at radius 3 is 0.867 bits per heavy atom. The van der Waals surface area contributed by atoms with Crippen molar-refractivity contribution in [2.75, 3.05) is 0 Å². The van der Waals surface area contributed by atoms with Crippen molar-refractivity contribution in [1.82, 2.24) is 0 Å². The Morgan fingerprint density at radius 1 is 0.183 bits per heavy atom. The average Bonchev–Trinajstić information content (AvgIpc) is 3.32. The Hall–Kier alpha value is -7.54. The van der Waals surface area contributed by atoms with E-state index >= 15 is 0 Å². The first-order valence-corrected chi connectivity index (χ1v) is 20.9. The van der Waals surface area contributed by atoms with Gasteiger partial charge in [0.2, 0.25) is 0 Å². The third-order valence-corrected chi connectivity index (χ3v) is 12.6. The van der Waals surface area contributed by atoms with E-state index in [0.717, 1.165) is 0 Å². The lowest BCUT2D eigenvalue weighted by Gasteiger charge is -2.17. The molecule has 0 aromatic heterocycles. The Labute approximate surface area is 351 Å². The molecule has 0 radical (unpaired) electrons. The van der Waals surface area contributed by atoms with Gasteiger partial charge in [0.05, 0.1) is 0 Å². The fraction of sp³-hybridized carbons (Fsp3) is 0.0333. The molecule has 0 aliphatic rings. The van der Waals surface area contributed by atoms with E-state index in [1.54, 1.807) is 0 Å². The zero-order valence-corrected chi connectivity index (χ0v) is 33.8. The number of benzene rings is 11. The Morgan fingerprint density at radius 2 is 0.483 bits per heavy atom. The molecule has 0 spiro atoms. The van der Waals surface area contributed by atoms with Crippen LogP contribution in [0.3, 0.4) is 0 Å². The second-order valence-corrected chi connectivity index (χ2v) is 16.2. The van der Waals surface area contributed by atoms with Crippen LogP contribution in [0.2, 0.25) is 0 Å². The molecule has 0 nitrogen and oxygen atoms in total. The molecule has 0 amide bonds. The minimum atomic E-state index is 1.22. The van der Waals surface area contributed by atoms with Crippen LogP contribution in [0.25, 0.3) is 110 Å². The van der Waals surface area contributed by atoms with Crippen LogP contribution in [0.15, 0.2) is 218 Å². The number of fused-ring (bicyclic) bond motifs is 4. The quantitative estimate of drug-likeness (QED) is 0.148. The molecule has 0 bridgehead atoms. The van der Waals surface area contributed by atoms with Crippen molar-refractivity contribution in [3.05, 3.63) is 230 Å². The molecule has 11 aromatic carbocycles. The largest absolute Gasteiger partial charge is 0.0622 e. The fourth-order valence-corrected chi connectivity index (χ4v) is 9.27. The summed E-state index contributed by atoms with van der Waals surface area (Å²) in [6.45, 7) is 4.59. The molecule has 11 aromatic rings. The van der Waals surface area contributed by atoms with Crippen molar-refractivity contribution in [2.24, 2.45) is 0 Å². The van der Waals surface area contributed by atoms with E-state index in [0.29, 0.717) is 0 Å². The molecule has 0 N–H and O–H groups in total. The number of rotatable bonds is 6. The highest BCUT2D eigenvalue weighted by atomic mass is 14.2. The van der Waals surface area contributed by atoms with Gasteiger partial charge in [-0.3, -0.25) is 0 Å². The molecule has 0 atom stereocenters. The van der Waals surface area contributed by atoms with Crippen molar-refractivity contribution in [2.45, 2.75) is 13.8 Å². The standard InChI is InChI=1S/C60H42/c1-39-57-27-25-50(56-34-52(42-15-7-4-8-16-42)32-54(36-56)48-24-22-44-18-10-12-20-46(44)30-48)38-60(57)40(2)58-28-26-49(37-59(39)58)55-33-51(41-13-5-3-6-14-41)31-53(35-55)47-23-21-43-17-9-11-19-45(43)29-47/h3-38H,1-2H3. The van der Waals surface area contributed by atoms with E-state index in [4.69, 9.17) is 0 Å². The van der Waals surface area contributed by atoms with Gasteiger partial charge in [-0.2, -0.15) is 0 Å². The molecule has 0 fully saturated rings. The first-order valence-electron chi connectivity index (χ1n) is 20.9. The van der Waals surface area contributed by atoms with Crippen LogP contribution < -0.4 is 0 Å². The molecule has 0 heterocycles. The normalized spacial score (nSPS) is 11.5. The van der Waals surface area contributed by atoms with Crippen molar-refractivity contribution in [1.29, 1.82) is 0 Å². The molecule has 0 aliphatic carbocycles. The molecule has 11 rings (SSSR count). The molecular weight excluding hydrogens is 721 g/mol. The topological polar surface area (TPSA) is 0 Å². The minimum Gasteiger partial charge on any atom is -0.0622 e. The van der Waals surface area contributed by atoms with Crippen LogP contribution >= 0.6 is 0 Å². The summed E-state index contributed by atoms with van der Waals surface area (Å²) < 4.78 is 0. The van der Waals surface area contributed by atoms with E-state index in [1.807, 2.05) is 0 Å². The highest BCUT2D eigenvalue weighted by Gasteiger charge is 2.15. The molecule has 0 saturated carbocycles. The molecule has 282 valence electrons. The van der Waals surface area contributed by atoms with E-state index in [1.165, 1.54) is 121 Å². The third-order valence-electron chi connectivity index (χ3n) is 12.6. The Kier molecular flexibility index (Phi) is 8.72. The van der Waals surface area contributed by atoms with Gasteiger partial charge < -0.3 is 0 Å². The molecule has 0 heteroatoms. The summed E-state index contributed by atoms with van der Waals surface area (Å²) in [6, 6.07) is 80.6. The SMILES string of the molecule is Cc1c2ccc(-c3cc(-c4ccccc4)cc(-c4ccc5ccccc5c4)c3)cc2c(C)c2ccc(-c3cc(-c4ccccc4)cc(-c4ccc5ccccc5c4)c3)cc12. The monoisotopic (exact) mass is 762 g/mol. The molecule has 0 aliphatic heterocycles. The van der Waals surface area contributed by atoms with Gasteiger partial charge in [-0.15, -0.1) is 0 Å². The zero-order chi connectivity index (χ0) is 40.2. The zero-order valence-electron chi connectivity index (χ0n) is 33.8. The lowest BCUT2D eigenvalue weighted by atomic mass is 9.87.